The lowest BCUT2D eigenvalue weighted by Gasteiger charge is -2.21. The highest BCUT2D eigenvalue weighted by Gasteiger charge is 2.40. The zero-order chi connectivity index (χ0) is 16.7. The van der Waals surface area contributed by atoms with E-state index >= 15 is 0 Å². The van der Waals surface area contributed by atoms with Crippen LogP contribution in [0.25, 0.3) is 0 Å². The molecular weight excluding hydrogens is 326 g/mol. The molecule has 1 saturated heterocycles. The first-order chi connectivity index (χ1) is 11.7. The van der Waals surface area contributed by atoms with Crippen LogP contribution < -0.4 is 0 Å². The van der Waals surface area contributed by atoms with Crippen molar-refractivity contribution < 1.29 is 13.9 Å². The highest BCUT2D eigenvalue weighted by Crippen LogP contribution is 2.36. The van der Waals surface area contributed by atoms with Crippen molar-refractivity contribution in [2.45, 2.75) is 51.2 Å². The predicted molar refractivity (Wildman–Crippen MR) is 89.2 cm³/mol. The first-order valence-corrected chi connectivity index (χ1v) is 9.22. The number of methoxy groups -OCH3 is 1. The van der Waals surface area contributed by atoms with E-state index in [4.69, 9.17) is 9.15 Å². The predicted octanol–water partition coefficient (Wildman–Crippen LogP) is 2.92. The van der Waals surface area contributed by atoms with Gasteiger partial charge in [-0.15, -0.1) is 21.5 Å². The molecule has 0 aromatic carbocycles. The van der Waals surface area contributed by atoms with E-state index in [0.29, 0.717) is 24.7 Å². The van der Waals surface area contributed by atoms with Gasteiger partial charge < -0.3 is 14.1 Å². The van der Waals surface area contributed by atoms with Crippen LogP contribution in [0.5, 0.6) is 0 Å². The van der Waals surface area contributed by atoms with Gasteiger partial charge in [-0.1, -0.05) is 0 Å². The topological polar surface area (TPSA) is 68.5 Å². The number of aromatic nitrogens is 2. The molecule has 1 amide bonds. The molecule has 0 spiro atoms. The van der Waals surface area contributed by atoms with Gasteiger partial charge in [-0.2, -0.15) is 0 Å². The number of nitrogens with zero attached hydrogens (tertiary/aromatic N) is 3. The maximum absolute atomic E-state index is 13.1. The van der Waals surface area contributed by atoms with Crippen LogP contribution in [-0.4, -0.2) is 40.8 Å². The molecule has 128 valence electrons. The Morgan fingerprint density at radius 3 is 2.92 bits per heavy atom. The minimum atomic E-state index is -0.206. The van der Waals surface area contributed by atoms with Crippen LogP contribution >= 0.6 is 11.3 Å². The number of likely N-dealkylation sites (tertiary alicyclic amines) is 1. The normalized spacial score (nSPS) is 23.5. The molecule has 2 atom stereocenters. The van der Waals surface area contributed by atoms with Crippen LogP contribution in [-0.2, 0) is 17.6 Å². The quantitative estimate of drug-likeness (QED) is 0.854. The summed E-state index contributed by atoms with van der Waals surface area (Å²) in [7, 11) is 1.68. The van der Waals surface area contributed by atoms with Crippen molar-refractivity contribution in [3.05, 3.63) is 33.2 Å². The summed E-state index contributed by atoms with van der Waals surface area (Å²) in [5.41, 5.74) is 1.35. The molecule has 24 heavy (non-hydrogen) atoms. The third-order valence-electron chi connectivity index (χ3n) is 4.89. The van der Waals surface area contributed by atoms with Crippen LogP contribution in [0.2, 0.25) is 0 Å². The molecule has 2 aromatic rings. The maximum Gasteiger partial charge on any atom is 0.264 e. The fourth-order valence-corrected chi connectivity index (χ4v) is 4.82. The average Bonchev–Trinajstić information content (AvgIpc) is 3.30. The molecule has 7 heteroatoms. The summed E-state index contributed by atoms with van der Waals surface area (Å²) in [4.78, 5) is 17.1. The fourth-order valence-electron chi connectivity index (χ4n) is 3.61. The summed E-state index contributed by atoms with van der Waals surface area (Å²) in [6.07, 6.45) is 5.32. The number of aryl methyl sites for hydroxylation is 3. The third-order valence-corrected chi connectivity index (χ3v) is 6.12. The number of rotatable bonds is 3. The molecule has 2 aromatic heterocycles. The zero-order valence-corrected chi connectivity index (χ0v) is 14.8. The Balaban J connectivity index is 1.62. The summed E-state index contributed by atoms with van der Waals surface area (Å²) < 4.78 is 11.1. The number of hydrogen-bond donors (Lipinski definition) is 0. The summed E-state index contributed by atoms with van der Waals surface area (Å²) >= 11 is 1.64. The average molecular weight is 347 g/mol. The van der Waals surface area contributed by atoms with Gasteiger partial charge in [0.15, 0.2) is 0 Å². The monoisotopic (exact) mass is 347 g/mol. The molecule has 4 rings (SSSR count). The second kappa shape index (κ2) is 6.29. The molecular formula is C17H21N3O3S. The van der Waals surface area contributed by atoms with Gasteiger partial charge >= 0.3 is 0 Å². The Labute approximate surface area is 144 Å². The van der Waals surface area contributed by atoms with Gasteiger partial charge in [0.05, 0.1) is 11.0 Å². The number of carbonyl (C=O) groups is 1. The Kier molecular flexibility index (Phi) is 4.14. The molecule has 0 unspecified atom stereocenters. The zero-order valence-electron chi connectivity index (χ0n) is 13.9. The smallest absolute Gasteiger partial charge is 0.264 e. The number of amides is 1. The fraction of sp³-hybridized carbons (Fsp3) is 0.588. The van der Waals surface area contributed by atoms with E-state index in [9.17, 15) is 4.79 Å². The van der Waals surface area contributed by atoms with Crippen molar-refractivity contribution in [1.29, 1.82) is 0 Å². The van der Waals surface area contributed by atoms with E-state index in [-0.39, 0.29) is 18.1 Å². The lowest BCUT2D eigenvalue weighted by Crippen LogP contribution is -2.31. The van der Waals surface area contributed by atoms with Crippen molar-refractivity contribution in [3.63, 3.8) is 0 Å². The molecule has 0 bridgehead atoms. The van der Waals surface area contributed by atoms with E-state index in [1.165, 1.54) is 23.3 Å². The van der Waals surface area contributed by atoms with Crippen LogP contribution in [0.1, 0.15) is 57.2 Å². The number of hydrogen-bond acceptors (Lipinski definition) is 6. The van der Waals surface area contributed by atoms with Crippen LogP contribution in [0, 0.1) is 6.92 Å². The number of ether oxygens (including phenoxy) is 1. The van der Waals surface area contributed by atoms with Gasteiger partial charge in [0.25, 0.3) is 5.91 Å². The van der Waals surface area contributed by atoms with Crippen molar-refractivity contribution in [3.8, 4) is 0 Å². The van der Waals surface area contributed by atoms with E-state index in [0.717, 1.165) is 17.7 Å². The van der Waals surface area contributed by atoms with Crippen LogP contribution in [0.4, 0.5) is 0 Å². The summed E-state index contributed by atoms with van der Waals surface area (Å²) in [5, 5.41) is 8.03. The number of carbonyl (C=O) groups excluding carboxylic acids is 1. The maximum atomic E-state index is 13.1. The Bertz CT molecular complexity index is 731. The molecule has 3 heterocycles. The minimum absolute atomic E-state index is 0.000688. The second-order valence-corrected chi connectivity index (χ2v) is 7.63. The SMILES string of the molecule is CO[C@H]1C[C@H](c2nnc(C)o2)N(C(=O)c2cc3c(s2)CCCC3)C1. The van der Waals surface area contributed by atoms with E-state index in [1.54, 1.807) is 25.4 Å². The lowest BCUT2D eigenvalue weighted by atomic mass is 9.99. The molecule has 2 aliphatic rings. The molecule has 1 fully saturated rings. The third kappa shape index (κ3) is 2.75. The Morgan fingerprint density at radius 2 is 2.21 bits per heavy atom. The van der Waals surface area contributed by atoms with Gasteiger partial charge in [-0.3, -0.25) is 4.79 Å². The first kappa shape index (κ1) is 15.8. The van der Waals surface area contributed by atoms with Crippen molar-refractivity contribution in [2.24, 2.45) is 0 Å². The van der Waals surface area contributed by atoms with E-state index < -0.39 is 0 Å². The Hall–Kier alpha value is -1.73. The number of fused-ring (bicyclic) bond motifs is 1. The summed E-state index contributed by atoms with van der Waals surface area (Å²) in [6.45, 7) is 2.32. The van der Waals surface area contributed by atoms with E-state index in [2.05, 4.69) is 16.3 Å². The largest absolute Gasteiger partial charge is 0.423 e. The molecule has 0 saturated carbocycles. The second-order valence-electron chi connectivity index (χ2n) is 6.49. The highest BCUT2D eigenvalue weighted by atomic mass is 32.1. The van der Waals surface area contributed by atoms with Crippen LogP contribution in [0.15, 0.2) is 10.5 Å². The highest BCUT2D eigenvalue weighted by molar-refractivity contribution is 7.14. The minimum Gasteiger partial charge on any atom is -0.423 e. The summed E-state index contributed by atoms with van der Waals surface area (Å²) in [5.74, 6) is 1.07. The van der Waals surface area contributed by atoms with Crippen LogP contribution in [0.3, 0.4) is 0 Å². The lowest BCUT2D eigenvalue weighted by molar-refractivity contribution is 0.0678. The number of thiophene rings is 1. The van der Waals surface area contributed by atoms with Gasteiger partial charge in [-0.05, 0) is 37.3 Å². The van der Waals surface area contributed by atoms with Gasteiger partial charge in [0.1, 0.15) is 6.04 Å². The summed E-state index contributed by atoms with van der Waals surface area (Å²) in [6, 6.07) is 1.88. The van der Waals surface area contributed by atoms with Gasteiger partial charge in [0.2, 0.25) is 11.8 Å². The molecule has 1 aliphatic carbocycles. The standard InChI is InChI=1S/C17H21N3O3S/c1-10-18-19-16(23-10)13-8-12(22-2)9-20(13)17(21)15-7-11-5-3-4-6-14(11)24-15/h7,12-13H,3-6,8-9H2,1-2H3/t12-,13+/m0/s1. The first-order valence-electron chi connectivity index (χ1n) is 8.41. The Morgan fingerprint density at radius 1 is 1.38 bits per heavy atom. The molecule has 0 N–H and O–H groups in total. The van der Waals surface area contributed by atoms with Crippen molar-refractivity contribution in [2.75, 3.05) is 13.7 Å². The van der Waals surface area contributed by atoms with Crippen molar-refractivity contribution in [1.82, 2.24) is 15.1 Å². The van der Waals surface area contributed by atoms with Crippen molar-refractivity contribution >= 4 is 17.2 Å². The molecule has 6 nitrogen and oxygen atoms in total. The van der Waals surface area contributed by atoms with E-state index in [1.807, 2.05) is 4.90 Å². The molecule has 1 aliphatic heterocycles. The van der Waals surface area contributed by atoms with Gasteiger partial charge in [0, 0.05) is 31.9 Å². The molecule has 0 radical (unpaired) electrons. The van der Waals surface area contributed by atoms with Gasteiger partial charge in [-0.25, -0.2) is 0 Å².